The van der Waals surface area contributed by atoms with Gasteiger partial charge < -0.3 is 15.2 Å². The molecule has 0 saturated heterocycles. The largest absolute Gasteiger partial charge is 0.367 e. The lowest BCUT2D eigenvalue weighted by atomic mass is 10.2. The van der Waals surface area contributed by atoms with Crippen LogP contribution < -0.4 is 10.7 Å². The summed E-state index contributed by atoms with van der Waals surface area (Å²) in [6.07, 6.45) is 2.94. The van der Waals surface area contributed by atoms with Gasteiger partial charge >= 0.3 is 0 Å². The fraction of sp³-hybridized carbons (Fsp3) is 0.400. The molecule has 0 spiro atoms. The minimum absolute atomic E-state index is 0.177. The first-order valence-electron chi connectivity index (χ1n) is 4.74. The molecule has 0 saturated carbocycles. The van der Waals surface area contributed by atoms with Crippen molar-refractivity contribution in [2.24, 2.45) is 0 Å². The molecule has 0 aromatic carbocycles. The smallest absolute Gasteiger partial charge is 0.259 e. The van der Waals surface area contributed by atoms with Crippen LogP contribution in [0.15, 0.2) is 23.3 Å². The third-order valence-electron chi connectivity index (χ3n) is 2.10. The van der Waals surface area contributed by atoms with E-state index in [1.165, 1.54) is 23.4 Å². The van der Waals surface area contributed by atoms with Gasteiger partial charge in [0.2, 0.25) is 0 Å². The molecule has 1 aromatic rings. The van der Waals surface area contributed by atoms with Crippen LogP contribution in [0.1, 0.15) is 10.4 Å². The van der Waals surface area contributed by atoms with Crippen LogP contribution in [0.3, 0.4) is 0 Å². The monoisotopic (exact) mass is 209 g/mol. The molecule has 0 atom stereocenters. The van der Waals surface area contributed by atoms with Crippen LogP contribution in [0.2, 0.25) is 0 Å². The highest BCUT2D eigenvalue weighted by Gasteiger charge is 2.13. The molecule has 1 amide bonds. The number of nitrogens with one attached hydrogen (secondary N) is 2. The maximum Gasteiger partial charge on any atom is 0.259 e. The van der Waals surface area contributed by atoms with Gasteiger partial charge in [-0.3, -0.25) is 9.59 Å². The van der Waals surface area contributed by atoms with Crippen LogP contribution in [0.25, 0.3) is 0 Å². The highest BCUT2D eigenvalue weighted by Crippen LogP contribution is 1.95. The van der Waals surface area contributed by atoms with Gasteiger partial charge in [-0.25, -0.2) is 0 Å². The Morgan fingerprint density at radius 3 is 2.93 bits per heavy atom. The Morgan fingerprint density at radius 1 is 1.60 bits per heavy atom. The molecule has 15 heavy (non-hydrogen) atoms. The molecule has 5 heteroatoms. The summed E-state index contributed by atoms with van der Waals surface area (Å²) in [5.74, 6) is -0.257. The summed E-state index contributed by atoms with van der Waals surface area (Å²) >= 11 is 0. The number of carbonyl (C=O) groups is 1. The van der Waals surface area contributed by atoms with Crippen molar-refractivity contribution in [1.29, 1.82) is 0 Å². The molecule has 82 valence electrons. The predicted octanol–water partition coefficient (Wildman–Crippen LogP) is -0.334. The van der Waals surface area contributed by atoms with Gasteiger partial charge in [-0.1, -0.05) is 0 Å². The molecule has 0 unspecified atom stereocenters. The third-order valence-corrected chi connectivity index (χ3v) is 2.10. The Labute approximate surface area is 88.1 Å². The van der Waals surface area contributed by atoms with Crippen molar-refractivity contribution in [3.8, 4) is 0 Å². The Hall–Kier alpha value is -1.62. The molecule has 0 radical (unpaired) electrons. The lowest BCUT2D eigenvalue weighted by Crippen LogP contribution is -2.35. The van der Waals surface area contributed by atoms with Crippen LogP contribution in [0.4, 0.5) is 0 Å². The van der Waals surface area contributed by atoms with Crippen molar-refractivity contribution >= 4 is 5.91 Å². The average molecular weight is 209 g/mol. The second-order valence-electron chi connectivity index (χ2n) is 3.25. The van der Waals surface area contributed by atoms with Crippen LogP contribution in [-0.4, -0.2) is 43.0 Å². The summed E-state index contributed by atoms with van der Waals surface area (Å²) in [5.41, 5.74) is -0.0776. The van der Waals surface area contributed by atoms with Crippen molar-refractivity contribution < 1.29 is 4.79 Å². The zero-order chi connectivity index (χ0) is 11.3. The van der Waals surface area contributed by atoms with Gasteiger partial charge in [-0.2, -0.15) is 0 Å². The van der Waals surface area contributed by atoms with Crippen molar-refractivity contribution in [1.82, 2.24) is 15.2 Å². The summed E-state index contributed by atoms with van der Waals surface area (Å²) in [6.45, 7) is 1.27. The minimum Gasteiger partial charge on any atom is -0.367 e. The predicted molar refractivity (Wildman–Crippen MR) is 57.9 cm³/mol. The molecule has 0 aliphatic rings. The van der Waals surface area contributed by atoms with E-state index in [0.29, 0.717) is 13.1 Å². The van der Waals surface area contributed by atoms with Gasteiger partial charge in [0, 0.05) is 38.6 Å². The molecule has 1 aromatic heterocycles. The van der Waals surface area contributed by atoms with Gasteiger partial charge in [0.15, 0.2) is 5.43 Å². The van der Waals surface area contributed by atoms with Crippen LogP contribution >= 0.6 is 0 Å². The number of hydrogen-bond donors (Lipinski definition) is 2. The van der Waals surface area contributed by atoms with E-state index in [1.807, 2.05) is 7.05 Å². The van der Waals surface area contributed by atoms with E-state index in [1.54, 1.807) is 7.05 Å². The van der Waals surface area contributed by atoms with E-state index < -0.39 is 0 Å². The van der Waals surface area contributed by atoms with Gasteiger partial charge in [-0.05, 0) is 7.05 Å². The van der Waals surface area contributed by atoms with E-state index in [2.05, 4.69) is 10.3 Å². The highest BCUT2D eigenvalue weighted by molar-refractivity contribution is 5.93. The molecule has 0 bridgehead atoms. The molecule has 0 fully saturated rings. The molecule has 1 heterocycles. The first kappa shape index (κ1) is 11.5. The number of hydrogen-bond acceptors (Lipinski definition) is 3. The third kappa shape index (κ3) is 2.92. The van der Waals surface area contributed by atoms with Gasteiger partial charge in [-0.15, -0.1) is 0 Å². The standard InChI is InChI=1S/C10H15N3O2/c1-11-5-6-13(2)10(15)8-7-12-4-3-9(8)14/h3-4,7,11H,5-6H2,1-2H3,(H,12,14). The number of aromatic amines is 1. The first-order valence-corrected chi connectivity index (χ1v) is 4.74. The number of aromatic nitrogens is 1. The van der Waals surface area contributed by atoms with Crippen LogP contribution in [0.5, 0.6) is 0 Å². The van der Waals surface area contributed by atoms with Crippen LogP contribution in [-0.2, 0) is 0 Å². The number of likely N-dealkylation sites (N-methyl/N-ethyl adjacent to an activating group) is 2. The summed E-state index contributed by atoms with van der Waals surface area (Å²) in [5, 5.41) is 2.94. The summed E-state index contributed by atoms with van der Waals surface area (Å²) in [4.78, 5) is 27.4. The van der Waals surface area contributed by atoms with Crippen molar-refractivity contribution in [2.45, 2.75) is 0 Å². The highest BCUT2D eigenvalue weighted by atomic mass is 16.2. The quantitative estimate of drug-likeness (QED) is 0.713. The van der Waals surface area contributed by atoms with E-state index in [4.69, 9.17) is 0 Å². The fourth-order valence-electron chi connectivity index (χ4n) is 1.17. The maximum atomic E-state index is 11.7. The topological polar surface area (TPSA) is 65.2 Å². The number of amides is 1. The van der Waals surface area contributed by atoms with E-state index in [0.717, 1.165) is 0 Å². The molecule has 0 aliphatic carbocycles. The van der Waals surface area contributed by atoms with Gasteiger partial charge in [0.25, 0.3) is 5.91 Å². The zero-order valence-corrected chi connectivity index (χ0v) is 8.91. The number of nitrogens with zero attached hydrogens (tertiary/aromatic N) is 1. The van der Waals surface area contributed by atoms with Gasteiger partial charge in [0.05, 0.1) is 0 Å². The van der Waals surface area contributed by atoms with Crippen molar-refractivity contribution in [3.63, 3.8) is 0 Å². The van der Waals surface area contributed by atoms with E-state index >= 15 is 0 Å². The fourth-order valence-corrected chi connectivity index (χ4v) is 1.17. The lowest BCUT2D eigenvalue weighted by Gasteiger charge is -2.16. The number of H-pyrrole nitrogens is 1. The van der Waals surface area contributed by atoms with E-state index in [-0.39, 0.29) is 16.9 Å². The Kier molecular flexibility index (Phi) is 4.05. The van der Waals surface area contributed by atoms with E-state index in [9.17, 15) is 9.59 Å². The Morgan fingerprint density at radius 2 is 2.33 bits per heavy atom. The Balaban J connectivity index is 2.77. The zero-order valence-electron chi connectivity index (χ0n) is 8.91. The normalized spacial score (nSPS) is 10.0. The number of carbonyl (C=O) groups excluding carboxylic acids is 1. The van der Waals surface area contributed by atoms with Gasteiger partial charge in [0.1, 0.15) is 5.56 Å². The lowest BCUT2D eigenvalue weighted by molar-refractivity contribution is 0.0795. The minimum atomic E-state index is -0.257. The average Bonchev–Trinajstić information content (AvgIpc) is 2.25. The SMILES string of the molecule is CNCCN(C)C(=O)c1c[nH]ccc1=O. The van der Waals surface area contributed by atoms with Crippen LogP contribution in [0, 0.1) is 0 Å². The maximum absolute atomic E-state index is 11.7. The molecular weight excluding hydrogens is 194 g/mol. The second kappa shape index (κ2) is 5.31. The molecule has 2 N–H and O–H groups in total. The summed E-state index contributed by atoms with van der Waals surface area (Å²) in [6, 6.07) is 1.35. The molecular formula is C10H15N3O2. The summed E-state index contributed by atoms with van der Waals surface area (Å²) in [7, 11) is 3.49. The first-order chi connectivity index (χ1) is 7.16. The molecule has 0 aliphatic heterocycles. The molecule has 1 rings (SSSR count). The number of rotatable bonds is 4. The number of pyridine rings is 1. The Bertz CT molecular complexity index is 386. The van der Waals surface area contributed by atoms with Crippen molar-refractivity contribution in [2.75, 3.05) is 27.2 Å². The molecule has 5 nitrogen and oxygen atoms in total. The summed E-state index contributed by atoms with van der Waals surface area (Å²) < 4.78 is 0. The second-order valence-corrected chi connectivity index (χ2v) is 3.25. The van der Waals surface area contributed by atoms with Crippen molar-refractivity contribution in [3.05, 3.63) is 34.2 Å².